The Bertz CT molecular complexity index is 305. The number of esters is 1. The Morgan fingerprint density at radius 2 is 2.11 bits per heavy atom. The summed E-state index contributed by atoms with van der Waals surface area (Å²) in [5.41, 5.74) is -0.149. The molecule has 5 heteroatoms. The second kappa shape index (κ2) is 6.11. The Hall–Kier alpha value is 0.890. The van der Waals surface area contributed by atoms with Gasteiger partial charge in [0.1, 0.15) is 0 Å². The third-order valence-corrected chi connectivity index (χ3v) is 8.62. The van der Waals surface area contributed by atoms with Crippen LogP contribution in [0.4, 0.5) is 0 Å². The third kappa shape index (κ3) is 3.50. The van der Waals surface area contributed by atoms with Crippen LogP contribution >= 0.6 is 22.6 Å². The van der Waals surface area contributed by atoms with Crippen LogP contribution in [-0.2, 0) is 9.53 Å². The van der Waals surface area contributed by atoms with Crippen LogP contribution < -0.4 is 25.0 Å². The van der Waals surface area contributed by atoms with Crippen LogP contribution in [0.25, 0.3) is 0 Å². The molecule has 1 aliphatic carbocycles. The number of ether oxygens (including phenoxy) is 1. The van der Waals surface area contributed by atoms with Crippen molar-refractivity contribution in [3.05, 3.63) is 0 Å². The molecule has 0 aromatic carbocycles. The van der Waals surface area contributed by atoms with Gasteiger partial charge in [-0.3, -0.25) is 0 Å². The Kier molecular flexibility index (Phi) is 5.19. The summed E-state index contributed by atoms with van der Waals surface area (Å²) < 4.78 is 9.41. The number of halogens is 2. The van der Waals surface area contributed by atoms with Crippen LogP contribution in [0.1, 0.15) is 58.8 Å². The number of hydrogen-bond acceptors (Lipinski definition) is 3. The van der Waals surface area contributed by atoms with Gasteiger partial charge in [-0.05, 0) is 0 Å². The zero-order chi connectivity index (χ0) is 13.2. The Morgan fingerprint density at radius 1 is 1.50 bits per heavy atom. The van der Waals surface area contributed by atoms with Gasteiger partial charge >= 0.3 is 135 Å². The van der Waals surface area contributed by atoms with Gasteiger partial charge in [0.2, 0.25) is 0 Å². The van der Waals surface area contributed by atoms with E-state index >= 15 is 0 Å². The van der Waals surface area contributed by atoms with Crippen LogP contribution in [-0.4, -0.2) is 19.0 Å². The van der Waals surface area contributed by atoms with Crippen molar-refractivity contribution in [2.75, 3.05) is 0 Å². The molecule has 2 fully saturated rings. The minimum atomic E-state index is -0.358. The molecule has 1 saturated carbocycles. The number of carbonyl (C=O) groups is 1. The van der Waals surface area contributed by atoms with Crippen LogP contribution in [0.2, 0.25) is 0 Å². The third-order valence-electron chi connectivity index (χ3n) is 3.87. The van der Waals surface area contributed by atoms with Crippen LogP contribution in [0.3, 0.4) is 0 Å². The van der Waals surface area contributed by atoms with E-state index in [1.165, 1.54) is 19.3 Å². The van der Waals surface area contributed by atoms with E-state index in [9.17, 15) is 4.79 Å². The molecule has 3 nitrogen and oxygen atoms in total. The molecule has 18 heavy (non-hydrogen) atoms. The van der Waals surface area contributed by atoms with E-state index in [4.69, 9.17) is 4.74 Å². The van der Waals surface area contributed by atoms with Gasteiger partial charge in [0.15, 0.2) is 0 Å². The molecule has 1 N–H and O–H groups in total. The first-order valence-electron chi connectivity index (χ1n) is 6.80. The molecule has 2 atom stereocenters. The molecule has 0 spiro atoms. The van der Waals surface area contributed by atoms with E-state index in [0.29, 0.717) is 4.05 Å². The van der Waals surface area contributed by atoms with Gasteiger partial charge in [-0.25, -0.2) is 0 Å². The van der Waals surface area contributed by atoms with Gasteiger partial charge in [0.05, 0.1) is 0 Å². The van der Waals surface area contributed by atoms with E-state index < -0.39 is 0 Å². The van der Waals surface area contributed by atoms with Gasteiger partial charge in [0.25, 0.3) is 0 Å². The van der Waals surface area contributed by atoms with E-state index in [2.05, 4.69) is 33.0 Å². The van der Waals surface area contributed by atoms with E-state index in [-0.39, 0.29) is 36.5 Å². The van der Waals surface area contributed by atoms with E-state index in [1.54, 1.807) is 0 Å². The van der Waals surface area contributed by atoms with Crippen LogP contribution in [0.15, 0.2) is 0 Å². The number of nitrogens with one attached hydrogen (secondary N) is 1. The molecule has 1 heterocycles. The predicted octanol–water partition coefficient (Wildman–Crippen LogP) is 0.160. The van der Waals surface area contributed by atoms with Crippen LogP contribution in [0, 0.1) is 0 Å². The Balaban J connectivity index is 2.01. The summed E-state index contributed by atoms with van der Waals surface area (Å²) in [6.45, 7) is 4.20. The monoisotopic (exact) mass is 478 g/mol. The molecule has 2 rings (SSSR count). The summed E-state index contributed by atoms with van der Waals surface area (Å²) >= 11 is 2.32. The normalized spacial score (nSPS) is 29.8. The summed E-state index contributed by atoms with van der Waals surface area (Å²) in [5.74, 6) is 0.00755. The average Bonchev–Trinajstić information content (AvgIpc) is 3.14. The fourth-order valence-corrected chi connectivity index (χ4v) is 5.98. The molecule has 1 saturated heterocycles. The van der Waals surface area contributed by atoms with Gasteiger partial charge in [0, 0.05) is 0 Å². The second-order valence-corrected chi connectivity index (χ2v) is 10.3. The minimum absolute atomic E-state index is 0.00755. The molecule has 0 amide bonds. The first kappa shape index (κ1) is 15.3. The topological polar surface area (TPSA) is 48.2 Å². The first-order valence-corrected chi connectivity index (χ1v) is 10.2. The van der Waals surface area contributed by atoms with Gasteiger partial charge in [-0.2, -0.15) is 0 Å². The quantitative estimate of drug-likeness (QED) is 0.153. The average molecular weight is 478 g/mol. The number of carbonyl (C=O) groups excluding carboxylic acids is 1. The fraction of sp³-hybridized carbons (Fsp3) is 0.923. The van der Waals surface area contributed by atoms with Crippen molar-refractivity contribution in [2.24, 2.45) is 0 Å². The van der Waals surface area contributed by atoms with Crippen molar-refractivity contribution in [1.29, 1.82) is 0 Å². The fourth-order valence-electron chi connectivity index (χ4n) is 2.69. The molecule has 0 radical (unpaired) electrons. The maximum absolute atomic E-state index is 12.4. The van der Waals surface area contributed by atoms with Gasteiger partial charge in [-0.1, -0.05) is 0 Å². The summed E-state index contributed by atoms with van der Waals surface area (Å²) in [5, 5.41) is 0. The summed E-state index contributed by atoms with van der Waals surface area (Å²) in [6, 6.07) is 0. The van der Waals surface area contributed by atoms with Gasteiger partial charge in [-0.15, -0.1) is 0 Å². The van der Waals surface area contributed by atoms with Crippen LogP contribution in [0.5, 0.6) is 0 Å². The molecule has 2 unspecified atom stereocenters. The predicted molar refractivity (Wildman–Crippen MR) is 76.2 cm³/mol. The SMILES string of the molecule is CCCC1(OC(=O)C(C)(I)C2N[I-]2)CCCCC1. The van der Waals surface area contributed by atoms with E-state index in [0.717, 1.165) is 25.7 Å². The van der Waals surface area contributed by atoms with Crippen molar-refractivity contribution in [2.45, 2.75) is 71.9 Å². The standard InChI is InChI=1S/C13H22I2NO2/c1-3-7-13(8-5-4-6-9-13)18-11(17)12(2,14)10-15-16-10/h10,16H,3-9H2,1-2H3/q-1. The molecular formula is C13H22I2NO2-. The van der Waals surface area contributed by atoms with Crippen molar-refractivity contribution >= 4 is 28.6 Å². The first-order chi connectivity index (χ1) is 8.50. The molecule has 0 aromatic heterocycles. The molecule has 2 aliphatic rings. The zero-order valence-electron chi connectivity index (χ0n) is 11.1. The van der Waals surface area contributed by atoms with Crippen molar-refractivity contribution in [1.82, 2.24) is 3.53 Å². The molecule has 1 aliphatic heterocycles. The molecule has 0 bridgehead atoms. The molecular weight excluding hydrogens is 456 g/mol. The van der Waals surface area contributed by atoms with Gasteiger partial charge < -0.3 is 0 Å². The van der Waals surface area contributed by atoms with E-state index in [1.807, 2.05) is 6.92 Å². The summed E-state index contributed by atoms with van der Waals surface area (Å²) in [6.07, 6.45) is 7.96. The van der Waals surface area contributed by atoms with Crippen molar-refractivity contribution < 1.29 is 31.0 Å². The summed E-state index contributed by atoms with van der Waals surface area (Å²) in [7, 11) is 0. The maximum atomic E-state index is 12.4. The molecule has 106 valence electrons. The molecule has 0 aromatic rings. The Morgan fingerprint density at radius 3 is 2.61 bits per heavy atom. The second-order valence-electron chi connectivity index (χ2n) is 5.54. The number of rotatable bonds is 5. The number of hydrogen-bond donors (Lipinski definition) is 1. The Labute approximate surface area is 134 Å². The summed E-state index contributed by atoms with van der Waals surface area (Å²) in [4.78, 5) is 12.4. The van der Waals surface area contributed by atoms with Crippen molar-refractivity contribution in [3.8, 4) is 0 Å². The van der Waals surface area contributed by atoms with Crippen molar-refractivity contribution in [3.63, 3.8) is 0 Å². The number of alkyl halides is 2. The zero-order valence-corrected chi connectivity index (χ0v) is 15.4.